The highest BCUT2D eigenvalue weighted by molar-refractivity contribution is 6.31. The van der Waals surface area contributed by atoms with E-state index in [2.05, 4.69) is 9.97 Å². The molecule has 2 aromatic heterocycles. The predicted molar refractivity (Wildman–Crippen MR) is 84.9 cm³/mol. The molecule has 0 aliphatic carbocycles. The largest absolute Gasteiger partial charge is 0.495 e. The molecule has 108 valence electrons. The number of ether oxygens (including phenoxy) is 1. The van der Waals surface area contributed by atoms with E-state index >= 15 is 0 Å². The summed E-state index contributed by atoms with van der Waals surface area (Å²) in [6.07, 6.45) is 2.25. The molecule has 0 spiro atoms. The molecule has 3 aromatic rings. The van der Waals surface area contributed by atoms with Crippen LogP contribution in [0.25, 0.3) is 16.9 Å². The van der Waals surface area contributed by atoms with Crippen molar-refractivity contribution in [1.29, 1.82) is 0 Å². The first-order valence-electron chi connectivity index (χ1n) is 6.47. The first kappa shape index (κ1) is 14.2. The Hall–Kier alpha value is -1.78. The number of hydrogen-bond donors (Lipinski definition) is 0. The van der Waals surface area contributed by atoms with Crippen molar-refractivity contribution >= 4 is 34.4 Å². The van der Waals surface area contributed by atoms with Crippen molar-refractivity contribution in [2.24, 2.45) is 0 Å². The van der Waals surface area contributed by atoms with E-state index < -0.39 is 0 Å². The van der Waals surface area contributed by atoms with E-state index in [-0.39, 0.29) is 0 Å². The predicted octanol–water partition coefficient (Wildman–Crippen LogP) is 3.86. The van der Waals surface area contributed by atoms with Crippen LogP contribution in [-0.2, 0) is 6.42 Å². The van der Waals surface area contributed by atoms with Crippen molar-refractivity contribution in [1.82, 2.24) is 14.5 Å². The highest BCUT2D eigenvalue weighted by Gasteiger charge is 2.16. The summed E-state index contributed by atoms with van der Waals surface area (Å²) in [4.78, 5) is 9.00. The summed E-state index contributed by atoms with van der Waals surface area (Å²) >= 11 is 11.9. The van der Waals surface area contributed by atoms with Crippen molar-refractivity contribution in [3.05, 3.63) is 47.4 Å². The van der Waals surface area contributed by atoms with E-state index in [4.69, 9.17) is 27.9 Å². The van der Waals surface area contributed by atoms with E-state index in [1.165, 1.54) is 0 Å². The molecule has 0 aliphatic rings. The van der Waals surface area contributed by atoms with Gasteiger partial charge in [-0.15, -0.1) is 11.6 Å². The van der Waals surface area contributed by atoms with Crippen LogP contribution in [0.15, 0.2) is 36.5 Å². The minimum absolute atomic E-state index is 0.478. The number of hydrogen-bond acceptors (Lipinski definition) is 3. The lowest BCUT2D eigenvalue weighted by Gasteiger charge is -2.12. The van der Waals surface area contributed by atoms with Gasteiger partial charge in [0.2, 0.25) is 0 Å². The molecule has 0 saturated carbocycles. The molecule has 2 heterocycles. The maximum Gasteiger partial charge on any atom is 0.164 e. The molecule has 3 rings (SSSR count). The molecular formula is C15H13Cl2N3O. The highest BCUT2D eigenvalue weighted by Crippen LogP contribution is 2.28. The lowest BCUT2D eigenvalue weighted by Crippen LogP contribution is -2.04. The molecule has 0 amide bonds. The number of halogens is 2. The maximum atomic E-state index is 6.00. The van der Waals surface area contributed by atoms with Gasteiger partial charge in [-0.25, -0.2) is 9.97 Å². The standard InChI is InChI=1S/C15H13Cl2N3O/c1-21-13-5-3-2-4-12(13)20-14(6-7-16)19-11-8-10(17)9-18-15(11)20/h2-5,8-9H,6-7H2,1H3. The van der Waals surface area contributed by atoms with Crippen LogP contribution in [0.1, 0.15) is 5.82 Å². The van der Waals surface area contributed by atoms with Gasteiger partial charge in [0.1, 0.15) is 17.1 Å². The molecule has 0 aliphatic heterocycles. The van der Waals surface area contributed by atoms with Crippen LogP contribution in [0.3, 0.4) is 0 Å². The smallest absolute Gasteiger partial charge is 0.164 e. The maximum absolute atomic E-state index is 6.00. The number of benzene rings is 1. The molecule has 0 N–H and O–H groups in total. The second kappa shape index (κ2) is 5.92. The van der Waals surface area contributed by atoms with Crippen molar-refractivity contribution in [3.8, 4) is 11.4 Å². The number of aryl methyl sites for hydroxylation is 1. The second-order valence-corrected chi connectivity index (χ2v) is 5.28. The quantitative estimate of drug-likeness (QED) is 0.685. The van der Waals surface area contributed by atoms with Gasteiger partial charge in [0, 0.05) is 18.5 Å². The fourth-order valence-electron chi connectivity index (χ4n) is 2.31. The fourth-order valence-corrected chi connectivity index (χ4v) is 2.63. The average molecular weight is 322 g/mol. The number of nitrogens with zero attached hydrogens (tertiary/aromatic N) is 3. The van der Waals surface area contributed by atoms with E-state index in [1.807, 2.05) is 28.8 Å². The third kappa shape index (κ3) is 2.57. The average Bonchev–Trinajstić information content (AvgIpc) is 2.84. The van der Waals surface area contributed by atoms with Crippen molar-refractivity contribution < 1.29 is 4.74 Å². The van der Waals surface area contributed by atoms with Crippen LogP contribution in [0, 0.1) is 0 Å². The normalized spacial score (nSPS) is 11.0. The Balaban J connectivity index is 2.31. The third-order valence-corrected chi connectivity index (χ3v) is 3.57. The fraction of sp³-hybridized carbons (Fsp3) is 0.200. The molecule has 0 fully saturated rings. The van der Waals surface area contributed by atoms with E-state index in [1.54, 1.807) is 19.4 Å². The van der Waals surface area contributed by atoms with Gasteiger partial charge < -0.3 is 4.74 Å². The zero-order valence-corrected chi connectivity index (χ0v) is 12.9. The Morgan fingerprint density at radius 2 is 2.10 bits per heavy atom. The van der Waals surface area contributed by atoms with Crippen LogP contribution in [0.4, 0.5) is 0 Å². The summed E-state index contributed by atoms with van der Waals surface area (Å²) in [5.74, 6) is 2.07. The van der Waals surface area contributed by atoms with Gasteiger partial charge in [-0.05, 0) is 18.2 Å². The van der Waals surface area contributed by atoms with Crippen LogP contribution in [-0.4, -0.2) is 27.5 Å². The molecule has 6 heteroatoms. The molecule has 21 heavy (non-hydrogen) atoms. The minimum atomic E-state index is 0.478. The summed E-state index contributed by atoms with van der Waals surface area (Å²) in [6, 6.07) is 9.54. The van der Waals surface area contributed by atoms with Crippen LogP contribution >= 0.6 is 23.2 Å². The van der Waals surface area contributed by atoms with Gasteiger partial charge in [-0.2, -0.15) is 0 Å². The zero-order chi connectivity index (χ0) is 14.8. The first-order chi connectivity index (χ1) is 10.2. The number of imidazole rings is 1. The molecule has 1 aromatic carbocycles. The summed E-state index contributed by atoms with van der Waals surface area (Å²) < 4.78 is 7.40. The van der Waals surface area contributed by atoms with Gasteiger partial charge >= 0.3 is 0 Å². The monoisotopic (exact) mass is 321 g/mol. The third-order valence-electron chi connectivity index (χ3n) is 3.18. The molecule has 4 nitrogen and oxygen atoms in total. The summed E-state index contributed by atoms with van der Waals surface area (Å²) in [5, 5.41) is 0.560. The lowest BCUT2D eigenvalue weighted by molar-refractivity contribution is 0.413. The number of rotatable bonds is 4. The van der Waals surface area contributed by atoms with Crippen molar-refractivity contribution in [3.63, 3.8) is 0 Å². The van der Waals surface area contributed by atoms with Crippen molar-refractivity contribution in [2.75, 3.05) is 13.0 Å². The molecule has 0 unspecified atom stereocenters. The van der Waals surface area contributed by atoms with Gasteiger partial charge in [-0.1, -0.05) is 23.7 Å². The number of alkyl halides is 1. The van der Waals surface area contributed by atoms with Crippen molar-refractivity contribution in [2.45, 2.75) is 6.42 Å². The van der Waals surface area contributed by atoms with Crippen LogP contribution in [0.2, 0.25) is 5.02 Å². The van der Waals surface area contributed by atoms with Gasteiger partial charge in [0.05, 0.1) is 17.8 Å². The number of fused-ring (bicyclic) bond motifs is 1. The topological polar surface area (TPSA) is 39.9 Å². The van der Waals surface area contributed by atoms with Gasteiger partial charge in [0.15, 0.2) is 5.65 Å². The van der Waals surface area contributed by atoms with Gasteiger partial charge in [-0.3, -0.25) is 4.57 Å². The molecule has 0 atom stereocenters. The number of methoxy groups -OCH3 is 1. The SMILES string of the molecule is COc1ccccc1-n1c(CCCl)nc2cc(Cl)cnc21. The Morgan fingerprint density at radius 3 is 2.86 bits per heavy atom. The molecule has 0 saturated heterocycles. The minimum Gasteiger partial charge on any atom is -0.495 e. The molecule has 0 bridgehead atoms. The number of aromatic nitrogens is 3. The van der Waals surface area contributed by atoms with E-state index in [0.29, 0.717) is 17.3 Å². The summed E-state index contributed by atoms with van der Waals surface area (Å²) in [7, 11) is 1.64. The number of pyridine rings is 1. The molecule has 0 radical (unpaired) electrons. The summed E-state index contributed by atoms with van der Waals surface area (Å²) in [6.45, 7) is 0. The molecular weight excluding hydrogens is 309 g/mol. The zero-order valence-electron chi connectivity index (χ0n) is 11.4. The highest BCUT2D eigenvalue weighted by atomic mass is 35.5. The Labute approximate surface area is 132 Å². The van der Waals surface area contributed by atoms with Crippen LogP contribution in [0.5, 0.6) is 5.75 Å². The Morgan fingerprint density at radius 1 is 1.29 bits per heavy atom. The number of para-hydroxylation sites is 2. The Kier molecular flexibility index (Phi) is 3.99. The second-order valence-electron chi connectivity index (χ2n) is 4.47. The van der Waals surface area contributed by atoms with E-state index in [0.717, 1.165) is 28.4 Å². The van der Waals surface area contributed by atoms with Crippen LogP contribution < -0.4 is 4.74 Å². The Bertz CT molecular complexity index is 786. The summed E-state index contributed by atoms with van der Waals surface area (Å²) in [5.41, 5.74) is 2.37. The van der Waals surface area contributed by atoms with E-state index in [9.17, 15) is 0 Å². The first-order valence-corrected chi connectivity index (χ1v) is 7.38. The van der Waals surface area contributed by atoms with Gasteiger partial charge in [0.25, 0.3) is 0 Å². The lowest BCUT2D eigenvalue weighted by atomic mass is 10.2.